The minimum atomic E-state index is 0.625. The Morgan fingerprint density at radius 1 is 1.17 bits per heavy atom. The number of pyridine rings is 1. The smallest absolute Gasteiger partial charge is 0.238 e. The van der Waals surface area contributed by atoms with Crippen LogP contribution in [0.2, 0.25) is 0 Å². The zero-order chi connectivity index (χ0) is 12.5. The largest absolute Gasteiger partial charge is 0.618 e. The fourth-order valence-corrected chi connectivity index (χ4v) is 2.74. The highest BCUT2D eigenvalue weighted by molar-refractivity contribution is 7.13. The lowest BCUT2D eigenvalue weighted by Gasteiger charge is -2.09. The molecule has 3 rings (SSSR count). The Morgan fingerprint density at radius 3 is 2.72 bits per heavy atom. The topological polar surface area (TPSA) is 36.2 Å². The quantitative estimate of drug-likeness (QED) is 0.522. The number of methoxy groups -OCH3 is 1. The van der Waals surface area contributed by atoms with Crippen molar-refractivity contribution >= 4 is 22.2 Å². The molecule has 18 heavy (non-hydrogen) atoms. The second-order valence-electron chi connectivity index (χ2n) is 3.89. The fraction of sp³-hybridized carbons (Fsp3) is 0.0714. The molecule has 0 spiro atoms. The zero-order valence-electron chi connectivity index (χ0n) is 9.79. The molecule has 0 N–H and O–H groups in total. The van der Waals surface area contributed by atoms with Gasteiger partial charge in [-0.15, -0.1) is 11.3 Å². The van der Waals surface area contributed by atoms with Gasteiger partial charge in [0.2, 0.25) is 11.2 Å². The number of ether oxygens (including phenoxy) is 1. The van der Waals surface area contributed by atoms with Crippen molar-refractivity contribution in [1.29, 1.82) is 0 Å². The highest BCUT2D eigenvalue weighted by atomic mass is 32.1. The number of aromatic nitrogens is 1. The summed E-state index contributed by atoms with van der Waals surface area (Å²) in [5.41, 5.74) is 1.25. The number of nitrogens with zero attached hydrogens (tertiary/aromatic N) is 1. The molecule has 0 aliphatic heterocycles. The average Bonchev–Trinajstić information content (AvgIpc) is 2.93. The normalized spacial score (nSPS) is 10.7. The predicted octanol–water partition coefficient (Wildman–Crippen LogP) is 3.21. The summed E-state index contributed by atoms with van der Waals surface area (Å²) in [6, 6.07) is 13.1. The van der Waals surface area contributed by atoms with E-state index < -0.39 is 0 Å². The van der Waals surface area contributed by atoms with Gasteiger partial charge in [0.25, 0.3) is 0 Å². The molecule has 0 saturated heterocycles. The summed E-state index contributed by atoms with van der Waals surface area (Å²) in [4.78, 5) is 0.939. The van der Waals surface area contributed by atoms with Crippen LogP contribution < -0.4 is 9.47 Å². The number of benzene rings is 1. The second kappa shape index (κ2) is 4.31. The van der Waals surface area contributed by atoms with Gasteiger partial charge in [0.15, 0.2) is 0 Å². The highest BCUT2D eigenvalue weighted by Crippen LogP contribution is 2.30. The average molecular weight is 257 g/mol. The lowest BCUT2D eigenvalue weighted by Crippen LogP contribution is -2.30. The number of para-hydroxylation sites is 1. The van der Waals surface area contributed by atoms with Crippen molar-refractivity contribution in [2.75, 3.05) is 7.11 Å². The fourth-order valence-electron chi connectivity index (χ4n) is 2.01. The first-order valence-corrected chi connectivity index (χ1v) is 6.42. The van der Waals surface area contributed by atoms with Crippen molar-refractivity contribution in [2.24, 2.45) is 0 Å². The van der Waals surface area contributed by atoms with Gasteiger partial charge in [-0.3, -0.25) is 0 Å². The monoisotopic (exact) mass is 257 g/mol. The molecule has 0 unspecified atom stereocenters. The molecule has 3 aromatic rings. The standard InChI is InChI=1S/C14H11NO2S/c1-17-13-9-12(14-7-4-8-18-14)15(16)11-6-3-2-5-10(11)13/h2-9H,1H3. The Balaban J connectivity index is 2.37. The summed E-state index contributed by atoms with van der Waals surface area (Å²) in [5.74, 6) is 0.723. The van der Waals surface area contributed by atoms with Crippen LogP contribution in [0.15, 0.2) is 47.8 Å². The van der Waals surface area contributed by atoms with Crippen molar-refractivity contribution in [3.05, 3.63) is 53.1 Å². The van der Waals surface area contributed by atoms with E-state index in [2.05, 4.69) is 0 Å². The molecule has 0 amide bonds. The Bertz CT molecular complexity index is 692. The van der Waals surface area contributed by atoms with Crippen molar-refractivity contribution in [2.45, 2.75) is 0 Å². The Morgan fingerprint density at radius 2 is 2.00 bits per heavy atom. The summed E-state index contributed by atoms with van der Waals surface area (Å²) < 4.78 is 6.34. The molecule has 4 heteroatoms. The number of fused-ring (bicyclic) bond motifs is 1. The lowest BCUT2D eigenvalue weighted by atomic mass is 10.1. The van der Waals surface area contributed by atoms with Crippen LogP contribution in [-0.2, 0) is 0 Å². The van der Waals surface area contributed by atoms with Crippen LogP contribution >= 0.6 is 11.3 Å². The summed E-state index contributed by atoms with van der Waals surface area (Å²) in [5, 5.41) is 15.1. The van der Waals surface area contributed by atoms with Crippen molar-refractivity contribution in [1.82, 2.24) is 0 Å². The van der Waals surface area contributed by atoms with Crippen LogP contribution in [0.3, 0.4) is 0 Å². The van der Waals surface area contributed by atoms with E-state index in [1.165, 1.54) is 0 Å². The van der Waals surface area contributed by atoms with Gasteiger partial charge in [0.1, 0.15) is 10.6 Å². The van der Waals surface area contributed by atoms with Crippen molar-refractivity contribution in [3.63, 3.8) is 0 Å². The van der Waals surface area contributed by atoms with Gasteiger partial charge in [-0.25, -0.2) is 0 Å². The Kier molecular flexibility index (Phi) is 2.64. The molecule has 0 aliphatic rings. The van der Waals surface area contributed by atoms with E-state index in [1.807, 2.05) is 41.8 Å². The molecule has 0 bridgehead atoms. The molecular weight excluding hydrogens is 246 g/mol. The molecule has 1 aromatic carbocycles. The molecule has 0 radical (unpaired) electrons. The van der Waals surface area contributed by atoms with Crippen LogP contribution in [0.25, 0.3) is 21.5 Å². The summed E-state index contributed by atoms with van der Waals surface area (Å²) in [6.45, 7) is 0. The van der Waals surface area contributed by atoms with Crippen molar-refractivity contribution < 1.29 is 9.47 Å². The van der Waals surface area contributed by atoms with Gasteiger partial charge in [-0.1, -0.05) is 18.2 Å². The molecule has 0 atom stereocenters. The van der Waals surface area contributed by atoms with Crippen LogP contribution in [0.4, 0.5) is 0 Å². The van der Waals surface area contributed by atoms with Crippen LogP contribution in [0.5, 0.6) is 5.75 Å². The van der Waals surface area contributed by atoms with Gasteiger partial charge in [0.05, 0.1) is 18.6 Å². The highest BCUT2D eigenvalue weighted by Gasteiger charge is 2.17. The van der Waals surface area contributed by atoms with Crippen LogP contribution in [0, 0.1) is 5.21 Å². The van der Waals surface area contributed by atoms with E-state index in [-0.39, 0.29) is 0 Å². The van der Waals surface area contributed by atoms with E-state index in [4.69, 9.17) is 4.74 Å². The summed E-state index contributed by atoms with van der Waals surface area (Å²) in [7, 11) is 1.62. The second-order valence-corrected chi connectivity index (χ2v) is 4.83. The maximum atomic E-state index is 12.4. The third-order valence-electron chi connectivity index (χ3n) is 2.87. The van der Waals surface area contributed by atoms with E-state index in [9.17, 15) is 5.21 Å². The van der Waals surface area contributed by atoms with E-state index in [0.29, 0.717) is 11.2 Å². The summed E-state index contributed by atoms with van der Waals surface area (Å²) >= 11 is 1.54. The molecule has 2 heterocycles. The number of thiophene rings is 1. The minimum Gasteiger partial charge on any atom is -0.618 e. The number of hydrogen-bond donors (Lipinski definition) is 0. The van der Waals surface area contributed by atoms with E-state index >= 15 is 0 Å². The molecule has 0 fully saturated rings. The van der Waals surface area contributed by atoms with Gasteiger partial charge < -0.3 is 9.94 Å². The number of hydrogen-bond acceptors (Lipinski definition) is 3. The maximum Gasteiger partial charge on any atom is 0.238 e. The molecule has 90 valence electrons. The third kappa shape index (κ3) is 1.62. The van der Waals surface area contributed by atoms with Crippen molar-refractivity contribution in [3.8, 4) is 16.3 Å². The molecular formula is C14H11NO2S. The zero-order valence-corrected chi connectivity index (χ0v) is 10.6. The van der Waals surface area contributed by atoms with E-state index in [0.717, 1.165) is 20.7 Å². The van der Waals surface area contributed by atoms with Gasteiger partial charge in [-0.05, 0) is 17.5 Å². The molecule has 3 nitrogen and oxygen atoms in total. The first-order valence-electron chi connectivity index (χ1n) is 5.54. The predicted molar refractivity (Wildman–Crippen MR) is 72.8 cm³/mol. The van der Waals surface area contributed by atoms with Crippen LogP contribution in [0.1, 0.15) is 0 Å². The van der Waals surface area contributed by atoms with Crippen LogP contribution in [-0.4, -0.2) is 7.11 Å². The third-order valence-corrected chi connectivity index (χ3v) is 3.76. The molecule has 2 aromatic heterocycles. The first-order chi connectivity index (χ1) is 8.81. The molecule has 0 aliphatic carbocycles. The first kappa shape index (κ1) is 11.0. The van der Waals surface area contributed by atoms with E-state index in [1.54, 1.807) is 24.5 Å². The minimum absolute atomic E-state index is 0.625. The van der Waals surface area contributed by atoms with Gasteiger partial charge >= 0.3 is 0 Å². The SMILES string of the molecule is COc1cc(-c2cccs2)[n+]([O-])c2ccccc12. The number of rotatable bonds is 2. The Labute approximate surface area is 108 Å². The lowest BCUT2D eigenvalue weighted by molar-refractivity contribution is -0.564. The van der Waals surface area contributed by atoms with Gasteiger partial charge in [0, 0.05) is 6.07 Å². The summed E-state index contributed by atoms with van der Waals surface area (Å²) in [6.07, 6.45) is 0. The maximum absolute atomic E-state index is 12.4. The van der Waals surface area contributed by atoms with Gasteiger partial charge in [-0.2, -0.15) is 4.73 Å². The molecule has 0 saturated carbocycles. The Hall–Kier alpha value is -2.07.